The van der Waals surface area contributed by atoms with Crippen molar-refractivity contribution in [2.24, 2.45) is 0 Å². The van der Waals surface area contributed by atoms with Gasteiger partial charge in [0, 0.05) is 23.2 Å². The summed E-state index contributed by atoms with van der Waals surface area (Å²) in [5.74, 6) is 0.460. The van der Waals surface area contributed by atoms with Gasteiger partial charge < -0.3 is 15.1 Å². The Morgan fingerprint density at radius 3 is 2.87 bits per heavy atom. The van der Waals surface area contributed by atoms with Gasteiger partial charge in [0.05, 0.1) is 12.1 Å². The highest BCUT2D eigenvalue weighted by Crippen LogP contribution is 2.21. The molecule has 2 N–H and O–H groups in total. The van der Waals surface area contributed by atoms with Crippen LogP contribution in [-0.4, -0.2) is 30.0 Å². The molecule has 5 nitrogen and oxygen atoms in total. The van der Waals surface area contributed by atoms with E-state index in [0.717, 1.165) is 18.5 Å². The summed E-state index contributed by atoms with van der Waals surface area (Å²) in [6.45, 7) is 1.70. The summed E-state index contributed by atoms with van der Waals surface area (Å²) in [5, 5.41) is 6.94. The lowest BCUT2D eigenvalue weighted by Gasteiger charge is -2.10. The highest BCUT2D eigenvalue weighted by molar-refractivity contribution is 6.30. The number of aromatic nitrogens is 1. The van der Waals surface area contributed by atoms with Crippen molar-refractivity contribution in [3.8, 4) is 11.5 Å². The number of rotatable bonds is 5. The molecular formula is C16H19Cl2N3O2. The third-order valence-corrected chi connectivity index (χ3v) is 3.94. The highest BCUT2D eigenvalue weighted by Gasteiger charge is 2.15. The Kier molecular flexibility index (Phi) is 6.45. The molecule has 23 heavy (non-hydrogen) atoms. The Morgan fingerprint density at radius 2 is 2.17 bits per heavy atom. The molecule has 1 amide bonds. The molecule has 0 radical (unpaired) electrons. The van der Waals surface area contributed by atoms with Crippen LogP contribution in [-0.2, 0) is 11.2 Å². The first-order chi connectivity index (χ1) is 10.7. The van der Waals surface area contributed by atoms with Crippen LogP contribution in [0.1, 0.15) is 18.5 Å². The van der Waals surface area contributed by atoms with Gasteiger partial charge in [-0.3, -0.25) is 4.79 Å². The molecule has 1 saturated heterocycles. The third kappa shape index (κ3) is 4.96. The van der Waals surface area contributed by atoms with Crippen molar-refractivity contribution < 1.29 is 9.21 Å². The number of nitrogens with one attached hydrogen (secondary N) is 2. The second-order valence-electron chi connectivity index (χ2n) is 5.43. The zero-order valence-corrected chi connectivity index (χ0v) is 14.1. The number of oxazole rings is 1. The molecule has 1 aliphatic rings. The van der Waals surface area contributed by atoms with Crippen molar-refractivity contribution in [2.75, 3.05) is 13.1 Å². The number of amides is 1. The van der Waals surface area contributed by atoms with E-state index >= 15 is 0 Å². The lowest BCUT2D eigenvalue weighted by atomic mass is 10.2. The molecular weight excluding hydrogens is 337 g/mol. The fourth-order valence-electron chi connectivity index (χ4n) is 2.51. The highest BCUT2D eigenvalue weighted by atomic mass is 35.5. The van der Waals surface area contributed by atoms with Gasteiger partial charge in [0.15, 0.2) is 0 Å². The second-order valence-corrected chi connectivity index (χ2v) is 5.86. The molecule has 1 unspecified atom stereocenters. The van der Waals surface area contributed by atoms with Gasteiger partial charge in [-0.1, -0.05) is 11.6 Å². The van der Waals surface area contributed by atoms with E-state index in [2.05, 4.69) is 15.6 Å². The third-order valence-electron chi connectivity index (χ3n) is 3.69. The Morgan fingerprint density at radius 1 is 1.39 bits per heavy atom. The molecule has 0 saturated carbocycles. The van der Waals surface area contributed by atoms with Crippen molar-refractivity contribution >= 4 is 29.9 Å². The van der Waals surface area contributed by atoms with E-state index in [1.807, 2.05) is 12.1 Å². The summed E-state index contributed by atoms with van der Waals surface area (Å²) in [7, 11) is 0. The summed E-state index contributed by atoms with van der Waals surface area (Å²) in [6.07, 6.45) is 4.04. The van der Waals surface area contributed by atoms with E-state index in [4.69, 9.17) is 16.0 Å². The number of benzene rings is 1. The average Bonchev–Trinajstić information content (AvgIpc) is 3.17. The van der Waals surface area contributed by atoms with Gasteiger partial charge in [-0.05, 0) is 43.7 Å². The standard InChI is InChI=1S/C16H18ClN3O2.ClH/c17-12-5-3-11(4-6-12)16-20-14(10-22-16)8-15(21)19-9-13-2-1-7-18-13;/h3-6,10,13,18H,1-2,7-9H2,(H,19,21);1H. The van der Waals surface area contributed by atoms with Crippen LogP contribution >= 0.6 is 24.0 Å². The predicted octanol–water partition coefficient (Wildman–Crippen LogP) is 2.83. The maximum Gasteiger partial charge on any atom is 0.226 e. The van der Waals surface area contributed by atoms with E-state index in [1.54, 1.807) is 12.1 Å². The van der Waals surface area contributed by atoms with Gasteiger partial charge in [0.2, 0.25) is 11.8 Å². The maximum absolute atomic E-state index is 11.9. The number of nitrogens with zero attached hydrogens (tertiary/aromatic N) is 1. The molecule has 1 fully saturated rings. The van der Waals surface area contributed by atoms with Crippen LogP contribution in [0.5, 0.6) is 0 Å². The number of halogens is 2. The van der Waals surface area contributed by atoms with Crippen LogP contribution in [0.3, 0.4) is 0 Å². The van der Waals surface area contributed by atoms with Crippen molar-refractivity contribution in [3.63, 3.8) is 0 Å². The van der Waals surface area contributed by atoms with Crippen LogP contribution < -0.4 is 10.6 Å². The molecule has 3 rings (SSSR count). The molecule has 0 spiro atoms. The maximum atomic E-state index is 11.9. The van der Waals surface area contributed by atoms with Crippen molar-refractivity contribution in [3.05, 3.63) is 41.2 Å². The first kappa shape index (κ1) is 17.8. The molecule has 1 aromatic carbocycles. The van der Waals surface area contributed by atoms with E-state index in [9.17, 15) is 4.79 Å². The summed E-state index contributed by atoms with van der Waals surface area (Å²) >= 11 is 5.85. The summed E-state index contributed by atoms with van der Waals surface area (Å²) < 4.78 is 5.42. The Bertz CT molecular complexity index is 637. The SMILES string of the molecule is Cl.O=C(Cc1coc(-c2ccc(Cl)cc2)n1)NCC1CCCN1. The minimum Gasteiger partial charge on any atom is -0.444 e. The van der Waals surface area contributed by atoms with Crippen LogP contribution in [0.2, 0.25) is 5.02 Å². The summed E-state index contributed by atoms with van der Waals surface area (Å²) in [6, 6.07) is 7.63. The first-order valence-corrected chi connectivity index (χ1v) is 7.79. The largest absolute Gasteiger partial charge is 0.444 e. The van der Waals surface area contributed by atoms with Crippen LogP contribution in [0.4, 0.5) is 0 Å². The molecule has 1 aliphatic heterocycles. The van der Waals surface area contributed by atoms with Crippen molar-refractivity contribution in [1.29, 1.82) is 0 Å². The predicted molar refractivity (Wildman–Crippen MR) is 91.9 cm³/mol. The smallest absolute Gasteiger partial charge is 0.226 e. The van der Waals surface area contributed by atoms with E-state index < -0.39 is 0 Å². The van der Waals surface area contributed by atoms with Gasteiger partial charge >= 0.3 is 0 Å². The lowest BCUT2D eigenvalue weighted by Crippen LogP contribution is -2.37. The minimum atomic E-state index is -0.0374. The number of carbonyl (C=O) groups excluding carboxylic acids is 1. The Hall–Kier alpha value is -1.56. The first-order valence-electron chi connectivity index (χ1n) is 7.41. The van der Waals surface area contributed by atoms with E-state index in [0.29, 0.717) is 29.2 Å². The molecule has 7 heteroatoms. The van der Waals surface area contributed by atoms with Gasteiger partial charge in [0.1, 0.15) is 6.26 Å². The number of carbonyl (C=O) groups is 1. The molecule has 2 heterocycles. The number of hydrogen-bond acceptors (Lipinski definition) is 4. The van der Waals surface area contributed by atoms with E-state index in [1.165, 1.54) is 12.7 Å². The normalized spacial score (nSPS) is 16.8. The van der Waals surface area contributed by atoms with Gasteiger partial charge in [-0.25, -0.2) is 4.98 Å². The second kappa shape index (κ2) is 8.34. The molecule has 1 aromatic heterocycles. The van der Waals surface area contributed by atoms with Crippen molar-refractivity contribution in [2.45, 2.75) is 25.3 Å². The minimum absolute atomic E-state index is 0. The lowest BCUT2D eigenvalue weighted by molar-refractivity contribution is -0.120. The molecule has 0 aliphatic carbocycles. The Labute approximate surface area is 146 Å². The molecule has 124 valence electrons. The quantitative estimate of drug-likeness (QED) is 0.865. The molecule has 1 atom stereocenters. The topological polar surface area (TPSA) is 67.2 Å². The molecule has 2 aromatic rings. The van der Waals surface area contributed by atoms with Gasteiger partial charge in [-0.15, -0.1) is 12.4 Å². The van der Waals surface area contributed by atoms with Gasteiger partial charge in [0.25, 0.3) is 0 Å². The molecule has 0 bridgehead atoms. The fraction of sp³-hybridized carbons (Fsp3) is 0.375. The average molecular weight is 356 g/mol. The Balaban J connectivity index is 0.00000192. The van der Waals surface area contributed by atoms with Crippen LogP contribution in [0, 0.1) is 0 Å². The zero-order chi connectivity index (χ0) is 15.4. The number of hydrogen-bond donors (Lipinski definition) is 2. The van der Waals surface area contributed by atoms with Crippen LogP contribution in [0.15, 0.2) is 34.9 Å². The van der Waals surface area contributed by atoms with Crippen LogP contribution in [0.25, 0.3) is 11.5 Å². The van der Waals surface area contributed by atoms with Crippen molar-refractivity contribution in [1.82, 2.24) is 15.6 Å². The van der Waals surface area contributed by atoms with Gasteiger partial charge in [-0.2, -0.15) is 0 Å². The summed E-state index contributed by atoms with van der Waals surface area (Å²) in [5.41, 5.74) is 1.47. The zero-order valence-electron chi connectivity index (χ0n) is 12.5. The summed E-state index contributed by atoms with van der Waals surface area (Å²) in [4.78, 5) is 16.3. The fourth-order valence-corrected chi connectivity index (χ4v) is 2.63. The monoisotopic (exact) mass is 355 g/mol. The van der Waals surface area contributed by atoms with E-state index in [-0.39, 0.29) is 24.7 Å².